The molecule has 5 rings (SSSR count). The first kappa shape index (κ1) is 23.9. The zero-order valence-electron chi connectivity index (χ0n) is 19.8. The van der Waals surface area contributed by atoms with E-state index in [9.17, 15) is 4.79 Å². The zero-order valence-corrected chi connectivity index (χ0v) is 20.6. The number of hydrogen-bond acceptors (Lipinski definition) is 7. The Morgan fingerprint density at radius 2 is 1.91 bits per heavy atom. The van der Waals surface area contributed by atoms with Crippen LogP contribution in [0.1, 0.15) is 69.9 Å². The molecule has 0 unspecified atom stereocenters. The topological polar surface area (TPSA) is 102 Å². The van der Waals surface area contributed by atoms with Gasteiger partial charge in [-0.3, -0.25) is 4.79 Å². The van der Waals surface area contributed by atoms with Gasteiger partial charge in [-0.2, -0.15) is 0 Å². The maximum atomic E-state index is 13.3. The Hall–Kier alpha value is -1.25. The molecule has 0 aliphatic heterocycles. The molecule has 4 fully saturated rings. The van der Waals surface area contributed by atoms with Crippen molar-refractivity contribution < 1.29 is 14.1 Å². The van der Waals surface area contributed by atoms with Gasteiger partial charge in [0.15, 0.2) is 0 Å². The van der Waals surface area contributed by atoms with Gasteiger partial charge in [-0.1, -0.05) is 20.8 Å². The van der Waals surface area contributed by atoms with E-state index < -0.39 is 0 Å². The van der Waals surface area contributed by atoms with Crippen LogP contribution in [0.2, 0.25) is 0 Å². The summed E-state index contributed by atoms with van der Waals surface area (Å²) in [5, 5.41) is 10.8. The predicted octanol–water partition coefficient (Wildman–Crippen LogP) is 3.68. The number of ether oxygens (including phenoxy) is 1. The molecular weight excluding hydrogens is 424 g/mol. The fraction of sp³-hybridized carbons (Fsp3) is 0.833. The SMILES string of the molecule is CCCSc1c(OCC(C)(C)CNCCN)noc1C(=O)NC1C2CC3CC(C2)CC1C3. The molecule has 1 heterocycles. The number of amides is 1. The Morgan fingerprint density at radius 3 is 2.53 bits per heavy atom. The number of nitrogens with zero attached hydrogens (tertiary/aromatic N) is 1. The molecule has 1 aromatic rings. The second-order valence-electron chi connectivity index (χ2n) is 10.8. The average Bonchev–Trinajstić information content (AvgIpc) is 3.16. The van der Waals surface area contributed by atoms with Crippen molar-refractivity contribution in [3.63, 3.8) is 0 Å². The molecule has 8 heteroatoms. The van der Waals surface area contributed by atoms with Gasteiger partial charge in [0.25, 0.3) is 11.8 Å². The molecular formula is C24H40N4O3S. The zero-order chi connectivity index (χ0) is 22.7. The van der Waals surface area contributed by atoms with E-state index in [1.54, 1.807) is 11.8 Å². The summed E-state index contributed by atoms with van der Waals surface area (Å²) in [7, 11) is 0. The van der Waals surface area contributed by atoms with E-state index in [0.29, 0.717) is 36.6 Å². The third kappa shape index (κ3) is 5.45. The average molecular weight is 465 g/mol. The molecule has 1 amide bonds. The van der Waals surface area contributed by atoms with E-state index in [0.717, 1.165) is 42.0 Å². The van der Waals surface area contributed by atoms with Crippen LogP contribution in [-0.2, 0) is 0 Å². The van der Waals surface area contributed by atoms with Gasteiger partial charge in [-0.15, -0.1) is 11.8 Å². The molecule has 0 radical (unpaired) electrons. The van der Waals surface area contributed by atoms with Crippen molar-refractivity contribution in [3.8, 4) is 5.88 Å². The summed E-state index contributed by atoms with van der Waals surface area (Å²) < 4.78 is 11.6. The fourth-order valence-electron chi connectivity index (χ4n) is 6.06. The normalized spacial score (nSPS) is 28.8. The minimum Gasteiger partial charge on any atom is -0.474 e. The van der Waals surface area contributed by atoms with Gasteiger partial charge >= 0.3 is 0 Å². The number of hydrogen-bond donors (Lipinski definition) is 3. The summed E-state index contributed by atoms with van der Waals surface area (Å²) in [5.74, 6) is 4.52. The van der Waals surface area contributed by atoms with Crippen LogP contribution in [0, 0.1) is 29.1 Å². The molecule has 7 nitrogen and oxygen atoms in total. The second kappa shape index (κ2) is 10.3. The molecule has 4 aliphatic carbocycles. The molecule has 0 aromatic carbocycles. The first-order valence-electron chi connectivity index (χ1n) is 12.4. The van der Waals surface area contributed by atoms with Crippen molar-refractivity contribution in [2.24, 2.45) is 34.8 Å². The van der Waals surface area contributed by atoms with E-state index in [-0.39, 0.29) is 17.4 Å². The lowest BCUT2D eigenvalue weighted by molar-refractivity contribution is -0.0124. The molecule has 4 saturated carbocycles. The predicted molar refractivity (Wildman–Crippen MR) is 127 cm³/mol. The number of nitrogens with two attached hydrogens (primary N) is 1. The first-order valence-corrected chi connectivity index (χ1v) is 13.4. The van der Waals surface area contributed by atoms with Gasteiger partial charge in [0.2, 0.25) is 5.76 Å². The minimum absolute atomic E-state index is 0.0936. The number of aromatic nitrogens is 1. The van der Waals surface area contributed by atoms with Gasteiger partial charge in [0.1, 0.15) is 4.90 Å². The van der Waals surface area contributed by atoms with Crippen LogP contribution in [0.5, 0.6) is 5.88 Å². The van der Waals surface area contributed by atoms with Gasteiger partial charge in [-0.05, 0) is 73.1 Å². The van der Waals surface area contributed by atoms with Crippen molar-refractivity contribution in [1.82, 2.24) is 15.8 Å². The van der Waals surface area contributed by atoms with Crippen molar-refractivity contribution in [2.75, 3.05) is 32.0 Å². The second-order valence-corrected chi connectivity index (χ2v) is 11.9. The standard InChI is InChI=1S/C24H40N4O3S/c1-4-7-32-21-20(31-28-23(21)30-14-24(2,3)13-26-6-5-25)22(29)27-19-17-9-15-8-16(11-17)12-18(19)10-15/h15-19,26H,4-14,25H2,1-3H3,(H,27,29). The Morgan fingerprint density at radius 1 is 1.22 bits per heavy atom. The van der Waals surface area contributed by atoms with Gasteiger partial charge in [0, 0.05) is 31.1 Å². The third-order valence-electron chi connectivity index (χ3n) is 7.33. The van der Waals surface area contributed by atoms with Crippen LogP contribution in [0.15, 0.2) is 9.42 Å². The summed E-state index contributed by atoms with van der Waals surface area (Å²) >= 11 is 1.60. The highest BCUT2D eigenvalue weighted by Crippen LogP contribution is 2.53. The number of carbonyl (C=O) groups excluding carboxylic acids is 1. The van der Waals surface area contributed by atoms with Crippen molar-refractivity contribution in [1.29, 1.82) is 0 Å². The van der Waals surface area contributed by atoms with E-state index in [1.807, 2.05) is 0 Å². The van der Waals surface area contributed by atoms with E-state index in [1.165, 1.54) is 32.1 Å². The Labute approximate surface area is 196 Å². The highest BCUT2D eigenvalue weighted by molar-refractivity contribution is 7.99. The Balaban J connectivity index is 1.41. The number of thioether (sulfide) groups is 1. The summed E-state index contributed by atoms with van der Waals surface area (Å²) in [6.07, 6.45) is 7.49. The van der Waals surface area contributed by atoms with Crippen LogP contribution >= 0.6 is 11.8 Å². The summed E-state index contributed by atoms with van der Waals surface area (Å²) in [5.41, 5.74) is 5.48. The largest absolute Gasteiger partial charge is 0.474 e. The van der Waals surface area contributed by atoms with Crippen molar-refractivity contribution in [3.05, 3.63) is 5.76 Å². The fourth-order valence-corrected chi connectivity index (χ4v) is 6.95. The molecule has 1 aromatic heterocycles. The van der Waals surface area contributed by atoms with Crippen LogP contribution in [0.4, 0.5) is 0 Å². The first-order chi connectivity index (χ1) is 15.4. The van der Waals surface area contributed by atoms with Crippen molar-refractivity contribution >= 4 is 17.7 Å². The maximum Gasteiger partial charge on any atom is 0.291 e. The number of carbonyl (C=O) groups is 1. The van der Waals surface area contributed by atoms with Crippen LogP contribution in [0.3, 0.4) is 0 Å². The van der Waals surface area contributed by atoms with Gasteiger partial charge in [0.05, 0.1) is 6.61 Å². The van der Waals surface area contributed by atoms with Crippen molar-refractivity contribution in [2.45, 2.75) is 70.2 Å². The van der Waals surface area contributed by atoms with Crippen LogP contribution in [-0.4, -0.2) is 49.1 Å². The Kier molecular flexibility index (Phi) is 7.73. The number of rotatable bonds is 12. The third-order valence-corrected chi connectivity index (χ3v) is 8.59. The molecule has 4 N–H and O–H groups in total. The molecule has 180 valence electrons. The molecule has 4 aliphatic rings. The van der Waals surface area contributed by atoms with Gasteiger partial charge in [-0.25, -0.2) is 0 Å². The summed E-state index contributed by atoms with van der Waals surface area (Å²) in [4.78, 5) is 14.0. The quantitative estimate of drug-likeness (QED) is 0.320. The molecule has 32 heavy (non-hydrogen) atoms. The molecule has 4 bridgehead atoms. The highest BCUT2D eigenvalue weighted by atomic mass is 32.2. The number of nitrogens with one attached hydrogen (secondary N) is 2. The molecule has 0 atom stereocenters. The summed E-state index contributed by atoms with van der Waals surface area (Å²) in [6, 6.07) is 0.279. The Bertz CT molecular complexity index is 753. The summed E-state index contributed by atoms with van der Waals surface area (Å²) in [6.45, 7) is 9.06. The van der Waals surface area contributed by atoms with Crippen LogP contribution in [0.25, 0.3) is 0 Å². The van der Waals surface area contributed by atoms with Crippen LogP contribution < -0.4 is 21.1 Å². The molecule has 0 saturated heterocycles. The minimum atomic E-state index is -0.132. The lowest BCUT2D eigenvalue weighted by Gasteiger charge is -2.54. The van der Waals surface area contributed by atoms with E-state index in [4.69, 9.17) is 15.0 Å². The monoisotopic (exact) mass is 464 g/mol. The van der Waals surface area contributed by atoms with E-state index in [2.05, 4.69) is 36.6 Å². The molecule has 0 spiro atoms. The highest BCUT2D eigenvalue weighted by Gasteiger charge is 2.49. The van der Waals surface area contributed by atoms with E-state index >= 15 is 0 Å². The lowest BCUT2D eigenvalue weighted by atomic mass is 9.54. The maximum absolute atomic E-state index is 13.3. The van der Waals surface area contributed by atoms with Gasteiger partial charge < -0.3 is 25.6 Å². The lowest BCUT2D eigenvalue weighted by Crippen LogP contribution is -2.55. The smallest absolute Gasteiger partial charge is 0.291 e.